The lowest BCUT2D eigenvalue weighted by Gasteiger charge is -2.10. The molecule has 3 rings (SSSR count). The molecule has 2 heterocycles. The Morgan fingerprint density at radius 3 is 3.05 bits per heavy atom. The van der Waals surface area contributed by atoms with Crippen LogP contribution in [0.25, 0.3) is 0 Å². The predicted molar refractivity (Wildman–Crippen MR) is 79.6 cm³/mol. The van der Waals surface area contributed by atoms with Crippen LogP contribution in [0.3, 0.4) is 0 Å². The summed E-state index contributed by atoms with van der Waals surface area (Å²) in [6.45, 7) is 1.38. The fourth-order valence-electron chi connectivity index (χ4n) is 2.23. The molecule has 100 valence electrons. The summed E-state index contributed by atoms with van der Waals surface area (Å²) in [5.74, 6) is 1.73. The van der Waals surface area contributed by atoms with Gasteiger partial charge in [-0.3, -0.25) is 0 Å². The number of aromatic nitrogens is 1. The molecule has 1 aliphatic rings. The Labute approximate surface area is 125 Å². The largest absolute Gasteiger partial charge is 0.493 e. The molecule has 1 aromatic carbocycles. The van der Waals surface area contributed by atoms with E-state index >= 15 is 0 Å². The maximum Gasteiger partial charge on any atom is 0.127 e. The van der Waals surface area contributed by atoms with E-state index in [1.807, 2.05) is 0 Å². The molecule has 1 aromatic heterocycles. The first kappa shape index (κ1) is 12.9. The molecule has 20 heavy (non-hydrogen) atoms. The van der Waals surface area contributed by atoms with Gasteiger partial charge < -0.3 is 10.1 Å². The van der Waals surface area contributed by atoms with Crippen molar-refractivity contribution in [3.63, 3.8) is 0 Å². The maximum absolute atomic E-state index is 8.74. The Balaban J connectivity index is 1.77. The van der Waals surface area contributed by atoms with Crippen LogP contribution in [-0.2, 0) is 13.0 Å². The number of ether oxygens (including phenoxy) is 1. The van der Waals surface area contributed by atoms with Crippen molar-refractivity contribution >= 4 is 21.7 Å². The number of nitriles is 1. The second-order valence-corrected chi connectivity index (χ2v) is 5.46. The van der Waals surface area contributed by atoms with Gasteiger partial charge in [-0.1, -0.05) is 15.9 Å². The second kappa shape index (κ2) is 5.51. The van der Waals surface area contributed by atoms with Gasteiger partial charge in [0, 0.05) is 29.2 Å². The van der Waals surface area contributed by atoms with Gasteiger partial charge in [-0.2, -0.15) is 5.26 Å². The Kier molecular flexibility index (Phi) is 3.57. The average Bonchev–Trinajstić information content (AvgIpc) is 2.93. The van der Waals surface area contributed by atoms with Crippen LogP contribution < -0.4 is 10.1 Å². The molecule has 0 radical (unpaired) electrons. The minimum atomic E-state index is 0.558. The zero-order valence-corrected chi connectivity index (χ0v) is 12.3. The number of halogens is 1. The van der Waals surface area contributed by atoms with Gasteiger partial charge in [-0.15, -0.1) is 0 Å². The maximum atomic E-state index is 8.74. The summed E-state index contributed by atoms with van der Waals surface area (Å²) < 4.78 is 6.75. The highest BCUT2D eigenvalue weighted by atomic mass is 79.9. The zero-order chi connectivity index (χ0) is 13.9. The topological polar surface area (TPSA) is 57.9 Å². The first-order valence-electron chi connectivity index (χ1n) is 6.30. The van der Waals surface area contributed by atoms with Crippen LogP contribution in [0.15, 0.2) is 34.9 Å². The van der Waals surface area contributed by atoms with E-state index in [1.165, 1.54) is 5.56 Å². The first-order valence-corrected chi connectivity index (χ1v) is 7.09. The van der Waals surface area contributed by atoms with Crippen molar-refractivity contribution < 1.29 is 4.74 Å². The lowest BCUT2D eigenvalue weighted by atomic mass is 10.1. The van der Waals surface area contributed by atoms with Crippen LogP contribution in [0.2, 0.25) is 0 Å². The van der Waals surface area contributed by atoms with Crippen LogP contribution >= 0.6 is 15.9 Å². The number of nitrogens with one attached hydrogen (secondary N) is 1. The number of fused-ring (bicyclic) bond motifs is 1. The number of hydrogen-bond acceptors (Lipinski definition) is 4. The number of rotatable bonds is 3. The number of anilines is 1. The van der Waals surface area contributed by atoms with Crippen molar-refractivity contribution in [2.45, 2.75) is 13.0 Å². The highest BCUT2D eigenvalue weighted by molar-refractivity contribution is 9.10. The van der Waals surface area contributed by atoms with Gasteiger partial charge in [0.05, 0.1) is 12.2 Å². The lowest BCUT2D eigenvalue weighted by Crippen LogP contribution is -2.03. The molecule has 2 aromatic rings. The molecule has 5 heteroatoms. The number of hydrogen-bond donors (Lipinski definition) is 1. The van der Waals surface area contributed by atoms with Crippen molar-refractivity contribution in [2.24, 2.45) is 0 Å². The van der Waals surface area contributed by atoms with E-state index in [4.69, 9.17) is 10.00 Å². The molecule has 0 saturated heterocycles. The quantitative estimate of drug-likeness (QED) is 0.938. The molecular formula is C15H12BrN3O. The Morgan fingerprint density at radius 1 is 1.40 bits per heavy atom. The van der Waals surface area contributed by atoms with Gasteiger partial charge in [0.25, 0.3) is 0 Å². The van der Waals surface area contributed by atoms with E-state index in [0.717, 1.165) is 34.6 Å². The van der Waals surface area contributed by atoms with E-state index in [0.29, 0.717) is 12.1 Å². The molecule has 0 bridgehead atoms. The second-order valence-electron chi connectivity index (χ2n) is 4.55. The minimum Gasteiger partial charge on any atom is -0.493 e. The number of nitrogens with zero attached hydrogens (tertiary/aromatic N) is 2. The molecule has 0 unspecified atom stereocenters. The molecule has 0 aliphatic carbocycles. The van der Waals surface area contributed by atoms with E-state index in [9.17, 15) is 0 Å². The predicted octanol–water partition coefficient (Wildman–Crippen LogP) is 3.26. The van der Waals surface area contributed by atoms with Crippen LogP contribution in [-0.4, -0.2) is 11.6 Å². The third-order valence-electron chi connectivity index (χ3n) is 3.18. The first-order chi connectivity index (χ1) is 9.76. The molecular weight excluding hydrogens is 318 g/mol. The summed E-state index contributed by atoms with van der Waals surface area (Å²) in [4.78, 5) is 4.19. The van der Waals surface area contributed by atoms with Crippen LogP contribution in [0.4, 0.5) is 5.82 Å². The summed E-state index contributed by atoms with van der Waals surface area (Å²) in [5.41, 5.74) is 2.91. The molecule has 0 fully saturated rings. The average molecular weight is 330 g/mol. The fourth-order valence-corrected chi connectivity index (χ4v) is 2.78. The molecule has 1 N–H and O–H groups in total. The molecule has 0 atom stereocenters. The van der Waals surface area contributed by atoms with E-state index in [-0.39, 0.29) is 0 Å². The number of pyridine rings is 1. The highest BCUT2D eigenvalue weighted by Crippen LogP contribution is 2.33. The Hall–Kier alpha value is -2.06. The molecule has 0 amide bonds. The van der Waals surface area contributed by atoms with Gasteiger partial charge in [-0.05, 0) is 29.8 Å². The van der Waals surface area contributed by atoms with Crippen molar-refractivity contribution in [3.8, 4) is 11.8 Å². The van der Waals surface area contributed by atoms with Crippen molar-refractivity contribution in [1.29, 1.82) is 5.26 Å². The van der Waals surface area contributed by atoms with Gasteiger partial charge in [-0.25, -0.2) is 4.98 Å². The standard InChI is InChI=1S/C15H12BrN3O/c16-13-5-11-3-4-20-15(11)12(6-13)9-19-14-2-1-10(7-17)8-18-14/h1-2,5-6,8H,3-4,9H2,(H,18,19). The SMILES string of the molecule is N#Cc1ccc(NCc2cc(Br)cc3c2OCC3)nc1. The smallest absolute Gasteiger partial charge is 0.127 e. The fraction of sp³-hybridized carbons (Fsp3) is 0.200. The Morgan fingerprint density at radius 2 is 2.30 bits per heavy atom. The summed E-state index contributed by atoms with van der Waals surface area (Å²) in [6.07, 6.45) is 2.51. The summed E-state index contributed by atoms with van der Waals surface area (Å²) in [5, 5.41) is 12.0. The summed E-state index contributed by atoms with van der Waals surface area (Å²) in [6, 6.07) is 9.76. The van der Waals surface area contributed by atoms with Gasteiger partial charge in [0.1, 0.15) is 17.6 Å². The van der Waals surface area contributed by atoms with Crippen LogP contribution in [0.1, 0.15) is 16.7 Å². The van der Waals surface area contributed by atoms with Crippen LogP contribution in [0.5, 0.6) is 5.75 Å². The zero-order valence-electron chi connectivity index (χ0n) is 10.7. The normalized spacial score (nSPS) is 12.4. The van der Waals surface area contributed by atoms with E-state index in [2.05, 4.69) is 44.4 Å². The molecule has 1 aliphatic heterocycles. The minimum absolute atomic E-state index is 0.558. The van der Waals surface area contributed by atoms with Crippen molar-refractivity contribution in [2.75, 3.05) is 11.9 Å². The van der Waals surface area contributed by atoms with E-state index < -0.39 is 0 Å². The van der Waals surface area contributed by atoms with Gasteiger partial charge in [0.2, 0.25) is 0 Å². The highest BCUT2D eigenvalue weighted by Gasteiger charge is 2.17. The van der Waals surface area contributed by atoms with Crippen molar-refractivity contribution in [1.82, 2.24) is 4.98 Å². The van der Waals surface area contributed by atoms with E-state index in [1.54, 1.807) is 18.3 Å². The monoisotopic (exact) mass is 329 g/mol. The molecule has 4 nitrogen and oxygen atoms in total. The molecule has 0 saturated carbocycles. The Bertz CT molecular complexity index is 677. The van der Waals surface area contributed by atoms with Crippen molar-refractivity contribution in [3.05, 3.63) is 51.6 Å². The van der Waals surface area contributed by atoms with Gasteiger partial charge >= 0.3 is 0 Å². The third-order valence-corrected chi connectivity index (χ3v) is 3.64. The van der Waals surface area contributed by atoms with Gasteiger partial charge in [0.15, 0.2) is 0 Å². The number of benzene rings is 1. The van der Waals surface area contributed by atoms with Crippen LogP contribution in [0, 0.1) is 11.3 Å². The summed E-state index contributed by atoms with van der Waals surface area (Å²) in [7, 11) is 0. The summed E-state index contributed by atoms with van der Waals surface area (Å²) >= 11 is 3.53. The molecule has 0 spiro atoms. The third kappa shape index (κ3) is 2.61. The lowest BCUT2D eigenvalue weighted by molar-refractivity contribution is 0.354.